The number of anilines is 2. The van der Waals surface area contributed by atoms with E-state index in [9.17, 15) is 4.79 Å². The van der Waals surface area contributed by atoms with Crippen molar-refractivity contribution in [2.75, 3.05) is 17.4 Å². The fourth-order valence-electron chi connectivity index (χ4n) is 2.50. The van der Waals surface area contributed by atoms with Crippen molar-refractivity contribution in [3.63, 3.8) is 0 Å². The molecule has 0 unspecified atom stereocenters. The Morgan fingerprint density at radius 2 is 1.85 bits per heavy atom. The molecule has 2 aromatic carbocycles. The molecule has 130 valence electrons. The van der Waals surface area contributed by atoms with Gasteiger partial charge in [-0.2, -0.15) is 0 Å². The number of ether oxygens (including phenoxy) is 2. The standard InChI is InChI=1S/C19H16N4O3/c24-19(23-14-4-2-1-3-5-14)15-10-22-18(11-20-15)21-9-13-6-7-16-17(8-13)26-12-25-16/h1-8,10-11H,9,12H2,(H,21,22)(H,23,24). The van der Waals surface area contributed by atoms with Crippen LogP contribution in [0.2, 0.25) is 0 Å². The number of nitrogens with one attached hydrogen (secondary N) is 2. The summed E-state index contributed by atoms with van der Waals surface area (Å²) in [6.07, 6.45) is 2.98. The van der Waals surface area contributed by atoms with Crippen LogP contribution in [0.1, 0.15) is 16.1 Å². The molecule has 0 saturated carbocycles. The predicted octanol–water partition coefficient (Wildman–Crippen LogP) is 3.07. The zero-order valence-electron chi connectivity index (χ0n) is 13.8. The Balaban J connectivity index is 1.36. The molecule has 1 amide bonds. The molecule has 7 heteroatoms. The second-order valence-corrected chi connectivity index (χ2v) is 5.65. The van der Waals surface area contributed by atoms with Crippen molar-refractivity contribution in [3.05, 3.63) is 72.2 Å². The smallest absolute Gasteiger partial charge is 0.275 e. The molecule has 1 aliphatic heterocycles. The van der Waals surface area contributed by atoms with Crippen molar-refractivity contribution in [2.45, 2.75) is 6.54 Å². The Bertz CT molecular complexity index is 914. The summed E-state index contributed by atoms with van der Waals surface area (Å²) in [4.78, 5) is 20.6. The summed E-state index contributed by atoms with van der Waals surface area (Å²) < 4.78 is 10.7. The van der Waals surface area contributed by atoms with Crippen LogP contribution in [0.25, 0.3) is 0 Å². The molecule has 2 N–H and O–H groups in total. The lowest BCUT2D eigenvalue weighted by Crippen LogP contribution is -2.14. The van der Waals surface area contributed by atoms with E-state index in [0.29, 0.717) is 18.1 Å². The van der Waals surface area contributed by atoms with Crippen LogP contribution in [-0.4, -0.2) is 22.7 Å². The first-order chi connectivity index (χ1) is 12.8. The van der Waals surface area contributed by atoms with Crippen LogP contribution in [0.5, 0.6) is 11.5 Å². The first-order valence-electron chi connectivity index (χ1n) is 8.09. The van der Waals surface area contributed by atoms with Crippen LogP contribution >= 0.6 is 0 Å². The fourth-order valence-corrected chi connectivity index (χ4v) is 2.50. The zero-order valence-corrected chi connectivity index (χ0v) is 13.8. The van der Waals surface area contributed by atoms with E-state index in [1.165, 1.54) is 12.4 Å². The minimum absolute atomic E-state index is 0.252. The number of amides is 1. The third kappa shape index (κ3) is 3.56. The summed E-state index contributed by atoms with van der Waals surface area (Å²) >= 11 is 0. The largest absolute Gasteiger partial charge is 0.454 e. The summed E-state index contributed by atoms with van der Waals surface area (Å²) in [6, 6.07) is 15.0. The number of fused-ring (bicyclic) bond motifs is 1. The van der Waals surface area contributed by atoms with E-state index in [-0.39, 0.29) is 18.4 Å². The summed E-state index contributed by atoms with van der Waals surface area (Å²) in [5.74, 6) is 1.77. The van der Waals surface area contributed by atoms with E-state index in [1.54, 1.807) is 0 Å². The highest BCUT2D eigenvalue weighted by Gasteiger charge is 2.13. The highest BCUT2D eigenvalue weighted by atomic mass is 16.7. The molecular weight excluding hydrogens is 332 g/mol. The molecule has 0 saturated heterocycles. The maximum atomic E-state index is 12.2. The molecular formula is C19H16N4O3. The second-order valence-electron chi connectivity index (χ2n) is 5.65. The lowest BCUT2D eigenvalue weighted by atomic mass is 10.2. The van der Waals surface area contributed by atoms with Gasteiger partial charge in [-0.15, -0.1) is 0 Å². The predicted molar refractivity (Wildman–Crippen MR) is 96.3 cm³/mol. The molecule has 0 bridgehead atoms. The van der Waals surface area contributed by atoms with Gasteiger partial charge < -0.3 is 20.1 Å². The SMILES string of the molecule is O=C(Nc1ccccc1)c1cnc(NCc2ccc3c(c2)OCO3)cn1. The van der Waals surface area contributed by atoms with Gasteiger partial charge in [0.2, 0.25) is 6.79 Å². The number of rotatable bonds is 5. The van der Waals surface area contributed by atoms with Crippen LogP contribution in [-0.2, 0) is 6.54 Å². The minimum Gasteiger partial charge on any atom is -0.454 e. The van der Waals surface area contributed by atoms with E-state index in [0.717, 1.165) is 17.1 Å². The van der Waals surface area contributed by atoms with Crippen LogP contribution in [0.15, 0.2) is 60.9 Å². The van der Waals surface area contributed by atoms with E-state index >= 15 is 0 Å². The number of benzene rings is 2. The molecule has 0 radical (unpaired) electrons. The molecule has 0 atom stereocenters. The zero-order chi connectivity index (χ0) is 17.8. The van der Waals surface area contributed by atoms with Crippen LogP contribution in [0.4, 0.5) is 11.5 Å². The fraction of sp³-hybridized carbons (Fsp3) is 0.105. The molecule has 0 aliphatic carbocycles. The molecule has 3 aromatic rings. The van der Waals surface area contributed by atoms with Crippen molar-refractivity contribution in [1.82, 2.24) is 9.97 Å². The van der Waals surface area contributed by atoms with Crippen molar-refractivity contribution < 1.29 is 14.3 Å². The Hall–Kier alpha value is -3.61. The lowest BCUT2D eigenvalue weighted by molar-refractivity contribution is 0.102. The van der Waals surface area contributed by atoms with Gasteiger partial charge in [-0.3, -0.25) is 4.79 Å². The minimum atomic E-state index is -0.300. The number of carbonyl (C=O) groups is 1. The molecule has 26 heavy (non-hydrogen) atoms. The molecule has 0 fully saturated rings. The van der Waals surface area contributed by atoms with Crippen molar-refractivity contribution in [1.29, 1.82) is 0 Å². The maximum Gasteiger partial charge on any atom is 0.275 e. The van der Waals surface area contributed by atoms with Gasteiger partial charge in [0.05, 0.1) is 12.4 Å². The second kappa shape index (κ2) is 7.10. The Kier molecular flexibility index (Phi) is 4.34. The topological polar surface area (TPSA) is 85.4 Å². The van der Waals surface area contributed by atoms with Crippen LogP contribution in [0.3, 0.4) is 0 Å². The number of para-hydroxylation sites is 1. The average Bonchev–Trinajstić information content (AvgIpc) is 3.15. The molecule has 7 nitrogen and oxygen atoms in total. The van der Waals surface area contributed by atoms with Gasteiger partial charge in [-0.05, 0) is 29.8 Å². The van der Waals surface area contributed by atoms with E-state index < -0.39 is 0 Å². The molecule has 1 aromatic heterocycles. The molecule has 4 rings (SSSR count). The number of aromatic nitrogens is 2. The van der Waals surface area contributed by atoms with Gasteiger partial charge >= 0.3 is 0 Å². The Morgan fingerprint density at radius 3 is 2.65 bits per heavy atom. The van der Waals surface area contributed by atoms with Gasteiger partial charge in [0.25, 0.3) is 5.91 Å². The van der Waals surface area contributed by atoms with Crippen LogP contribution < -0.4 is 20.1 Å². The Labute approximate surface area is 150 Å². The van der Waals surface area contributed by atoms with Crippen LogP contribution in [0, 0.1) is 0 Å². The highest BCUT2D eigenvalue weighted by molar-refractivity contribution is 6.02. The maximum absolute atomic E-state index is 12.2. The van der Waals surface area contributed by atoms with E-state index in [1.807, 2.05) is 48.5 Å². The average molecular weight is 348 g/mol. The lowest BCUT2D eigenvalue weighted by Gasteiger charge is -2.07. The third-order valence-electron chi connectivity index (χ3n) is 3.83. The van der Waals surface area contributed by atoms with Crippen molar-refractivity contribution in [3.8, 4) is 11.5 Å². The summed E-state index contributed by atoms with van der Waals surface area (Å²) in [5, 5.41) is 5.94. The summed E-state index contributed by atoms with van der Waals surface area (Å²) in [7, 11) is 0. The quantitative estimate of drug-likeness (QED) is 0.737. The van der Waals surface area contributed by atoms with Gasteiger partial charge in [-0.1, -0.05) is 24.3 Å². The first kappa shape index (κ1) is 15.9. The third-order valence-corrected chi connectivity index (χ3v) is 3.83. The highest BCUT2D eigenvalue weighted by Crippen LogP contribution is 2.32. The van der Waals surface area contributed by atoms with Crippen molar-refractivity contribution in [2.24, 2.45) is 0 Å². The van der Waals surface area contributed by atoms with Gasteiger partial charge in [0, 0.05) is 12.2 Å². The van der Waals surface area contributed by atoms with E-state index in [4.69, 9.17) is 9.47 Å². The first-order valence-corrected chi connectivity index (χ1v) is 8.09. The van der Waals surface area contributed by atoms with Gasteiger partial charge in [-0.25, -0.2) is 9.97 Å². The summed E-state index contributed by atoms with van der Waals surface area (Å²) in [5.41, 5.74) is 1.99. The number of hydrogen-bond acceptors (Lipinski definition) is 6. The summed E-state index contributed by atoms with van der Waals surface area (Å²) in [6.45, 7) is 0.811. The molecule has 0 spiro atoms. The van der Waals surface area contributed by atoms with Gasteiger partial charge in [0.1, 0.15) is 11.5 Å². The number of carbonyl (C=O) groups excluding carboxylic acids is 1. The number of nitrogens with zero attached hydrogens (tertiary/aromatic N) is 2. The monoisotopic (exact) mass is 348 g/mol. The number of hydrogen-bond donors (Lipinski definition) is 2. The van der Waals surface area contributed by atoms with Gasteiger partial charge in [0.15, 0.2) is 11.5 Å². The van der Waals surface area contributed by atoms with Crippen molar-refractivity contribution >= 4 is 17.4 Å². The van der Waals surface area contributed by atoms with E-state index in [2.05, 4.69) is 20.6 Å². The Morgan fingerprint density at radius 1 is 1.00 bits per heavy atom. The molecule has 2 heterocycles. The normalized spacial score (nSPS) is 11.8. The molecule has 1 aliphatic rings.